The molecule has 6 nitrogen and oxygen atoms in total. The van der Waals surface area contributed by atoms with Crippen LogP contribution in [0.5, 0.6) is 11.5 Å². The summed E-state index contributed by atoms with van der Waals surface area (Å²) in [6.07, 6.45) is 2.43. The zero-order chi connectivity index (χ0) is 15.2. The first-order valence-corrected chi connectivity index (χ1v) is 7.12. The SMILES string of the molecule is CCOc1c(/C=N/n2c(CC)n[nH]c2=S)cccc1OC. The van der Waals surface area contributed by atoms with E-state index < -0.39 is 0 Å². The van der Waals surface area contributed by atoms with Crippen LogP contribution in [0, 0.1) is 4.77 Å². The van der Waals surface area contributed by atoms with Crippen LogP contribution in [0.25, 0.3) is 0 Å². The topological polar surface area (TPSA) is 64.4 Å². The van der Waals surface area contributed by atoms with Crippen molar-refractivity contribution >= 4 is 18.4 Å². The molecule has 0 aliphatic heterocycles. The fraction of sp³-hybridized carbons (Fsp3) is 0.357. The Kier molecular flexibility index (Phi) is 5.10. The molecule has 0 unspecified atom stereocenters. The van der Waals surface area contributed by atoms with E-state index in [9.17, 15) is 0 Å². The van der Waals surface area contributed by atoms with Gasteiger partial charge >= 0.3 is 0 Å². The molecular formula is C14H18N4O2S. The summed E-state index contributed by atoms with van der Waals surface area (Å²) in [7, 11) is 1.61. The fourth-order valence-electron chi connectivity index (χ4n) is 1.89. The third kappa shape index (κ3) is 3.30. The van der Waals surface area contributed by atoms with Crippen LogP contribution in [0.4, 0.5) is 0 Å². The van der Waals surface area contributed by atoms with Gasteiger partial charge in [-0.05, 0) is 31.3 Å². The van der Waals surface area contributed by atoms with Crippen molar-refractivity contribution in [3.63, 3.8) is 0 Å². The van der Waals surface area contributed by atoms with Crippen LogP contribution in [-0.2, 0) is 6.42 Å². The Hall–Kier alpha value is -2.15. The van der Waals surface area contributed by atoms with E-state index in [1.54, 1.807) is 18.0 Å². The van der Waals surface area contributed by atoms with Gasteiger partial charge in [-0.15, -0.1) is 0 Å². The lowest BCUT2D eigenvalue weighted by molar-refractivity contribution is 0.310. The molecule has 0 amide bonds. The maximum Gasteiger partial charge on any atom is 0.216 e. The highest BCUT2D eigenvalue weighted by Gasteiger charge is 2.09. The molecule has 0 aliphatic rings. The van der Waals surface area contributed by atoms with E-state index in [0.29, 0.717) is 22.9 Å². The van der Waals surface area contributed by atoms with Gasteiger partial charge in [0.2, 0.25) is 4.77 Å². The van der Waals surface area contributed by atoms with Gasteiger partial charge in [0.1, 0.15) is 0 Å². The Balaban J connectivity index is 2.41. The molecule has 0 radical (unpaired) electrons. The lowest BCUT2D eigenvalue weighted by Gasteiger charge is -2.11. The number of nitrogens with zero attached hydrogens (tertiary/aromatic N) is 3. The third-order valence-electron chi connectivity index (χ3n) is 2.86. The van der Waals surface area contributed by atoms with Crippen LogP contribution in [0.2, 0.25) is 0 Å². The average Bonchev–Trinajstić information content (AvgIpc) is 2.86. The van der Waals surface area contributed by atoms with Crippen LogP contribution < -0.4 is 9.47 Å². The van der Waals surface area contributed by atoms with E-state index in [1.165, 1.54) is 0 Å². The Morgan fingerprint density at radius 2 is 2.24 bits per heavy atom. The van der Waals surface area contributed by atoms with Crippen molar-refractivity contribution in [3.05, 3.63) is 34.4 Å². The molecular weight excluding hydrogens is 288 g/mol. The second-order valence-corrected chi connectivity index (χ2v) is 4.55. The van der Waals surface area contributed by atoms with E-state index in [1.807, 2.05) is 32.0 Å². The van der Waals surface area contributed by atoms with Crippen molar-refractivity contribution in [2.24, 2.45) is 5.10 Å². The lowest BCUT2D eigenvalue weighted by atomic mass is 10.2. The minimum atomic E-state index is 0.462. The van der Waals surface area contributed by atoms with E-state index in [0.717, 1.165) is 17.8 Å². The first kappa shape index (κ1) is 15.2. The zero-order valence-corrected chi connectivity index (χ0v) is 13.1. The maximum atomic E-state index is 5.64. The van der Waals surface area contributed by atoms with Gasteiger partial charge in [-0.3, -0.25) is 5.10 Å². The molecule has 7 heteroatoms. The second-order valence-electron chi connectivity index (χ2n) is 4.17. The summed E-state index contributed by atoms with van der Waals surface area (Å²) in [5.74, 6) is 2.11. The number of nitrogens with one attached hydrogen (secondary N) is 1. The van der Waals surface area contributed by atoms with Crippen molar-refractivity contribution in [1.82, 2.24) is 14.9 Å². The quantitative estimate of drug-likeness (QED) is 0.658. The second kappa shape index (κ2) is 7.03. The van der Waals surface area contributed by atoms with Gasteiger partial charge in [0, 0.05) is 12.0 Å². The smallest absolute Gasteiger partial charge is 0.216 e. The first-order chi connectivity index (χ1) is 10.2. The number of aryl methyl sites for hydroxylation is 1. The summed E-state index contributed by atoms with van der Waals surface area (Å²) in [5, 5.41) is 11.2. The highest BCUT2D eigenvalue weighted by Crippen LogP contribution is 2.30. The number of aromatic amines is 1. The van der Waals surface area contributed by atoms with Crippen LogP contribution >= 0.6 is 12.2 Å². The Bertz CT molecular complexity index is 691. The number of para-hydroxylation sites is 1. The minimum Gasteiger partial charge on any atom is -0.493 e. The third-order valence-corrected chi connectivity index (χ3v) is 3.13. The van der Waals surface area contributed by atoms with E-state index in [2.05, 4.69) is 15.3 Å². The van der Waals surface area contributed by atoms with Gasteiger partial charge in [-0.1, -0.05) is 13.0 Å². The van der Waals surface area contributed by atoms with E-state index in [4.69, 9.17) is 21.7 Å². The zero-order valence-electron chi connectivity index (χ0n) is 12.3. The molecule has 0 fully saturated rings. The largest absolute Gasteiger partial charge is 0.493 e. The number of H-pyrrole nitrogens is 1. The molecule has 112 valence electrons. The van der Waals surface area contributed by atoms with Gasteiger partial charge in [0.05, 0.1) is 19.9 Å². The molecule has 2 rings (SSSR count). The maximum absolute atomic E-state index is 5.64. The van der Waals surface area contributed by atoms with Gasteiger partial charge < -0.3 is 9.47 Å². The Labute approximate surface area is 128 Å². The molecule has 0 saturated carbocycles. The van der Waals surface area contributed by atoms with Crippen LogP contribution in [0.3, 0.4) is 0 Å². The van der Waals surface area contributed by atoms with Crippen LogP contribution in [0.1, 0.15) is 25.2 Å². The molecule has 1 heterocycles. The summed E-state index contributed by atoms with van der Waals surface area (Å²) in [6, 6.07) is 5.65. The normalized spacial score (nSPS) is 11.0. The summed E-state index contributed by atoms with van der Waals surface area (Å²) in [6.45, 7) is 4.47. The minimum absolute atomic E-state index is 0.462. The number of ether oxygens (including phenoxy) is 2. The summed E-state index contributed by atoms with van der Waals surface area (Å²) >= 11 is 5.16. The highest BCUT2D eigenvalue weighted by atomic mass is 32.1. The monoisotopic (exact) mass is 306 g/mol. The average molecular weight is 306 g/mol. The molecule has 1 aromatic heterocycles. The summed E-state index contributed by atoms with van der Waals surface area (Å²) in [5.41, 5.74) is 0.821. The van der Waals surface area contributed by atoms with E-state index in [-0.39, 0.29) is 0 Å². The highest BCUT2D eigenvalue weighted by molar-refractivity contribution is 7.71. The summed E-state index contributed by atoms with van der Waals surface area (Å²) in [4.78, 5) is 0. The van der Waals surface area contributed by atoms with Gasteiger partial charge in [-0.25, -0.2) is 0 Å². The molecule has 1 aromatic carbocycles. The predicted octanol–water partition coefficient (Wildman–Crippen LogP) is 2.79. The number of hydrogen-bond donors (Lipinski definition) is 1. The molecule has 0 aliphatic carbocycles. The molecule has 0 spiro atoms. The van der Waals surface area contributed by atoms with Crippen molar-refractivity contribution in [2.75, 3.05) is 13.7 Å². The van der Waals surface area contributed by atoms with Crippen molar-refractivity contribution in [1.29, 1.82) is 0 Å². The summed E-state index contributed by atoms with van der Waals surface area (Å²) < 4.78 is 13.0. The number of benzene rings is 1. The van der Waals surface area contributed by atoms with E-state index >= 15 is 0 Å². The molecule has 0 saturated heterocycles. The first-order valence-electron chi connectivity index (χ1n) is 6.71. The molecule has 0 atom stereocenters. The van der Waals surface area contributed by atoms with Crippen molar-refractivity contribution < 1.29 is 9.47 Å². The van der Waals surface area contributed by atoms with Gasteiger partial charge in [-0.2, -0.15) is 14.9 Å². The molecule has 0 bridgehead atoms. The van der Waals surface area contributed by atoms with Gasteiger partial charge in [0.25, 0.3) is 0 Å². The Morgan fingerprint density at radius 3 is 2.90 bits per heavy atom. The number of rotatable bonds is 6. The van der Waals surface area contributed by atoms with Crippen LogP contribution in [0.15, 0.2) is 23.3 Å². The number of hydrogen-bond acceptors (Lipinski definition) is 5. The Morgan fingerprint density at radius 1 is 1.43 bits per heavy atom. The standard InChI is InChI=1S/C14H18N4O2S/c1-4-12-16-17-14(21)18(12)15-9-10-7-6-8-11(19-3)13(10)20-5-2/h6-9H,4-5H2,1-3H3,(H,17,21)/b15-9+. The predicted molar refractivity (Wildman–Crippen MR) is 83.9 cm³/mol. The van der Waals surface area contributed by atoms with Gasteiger partial charge in [0.15, 0.2) is 17.3 Å². The number of methoxy groups -OCH3 is 1. The van der Waals surface area contributed by atoms with Crippen LogP contribution in [-0.4, -0.2) is 34.8 Å². The van der Waals surface area contributed by atoms with Crippen molar-refractivity contribution in [2.45, 2.75) is 20.3 Å². The van der Waals surface area contributed by atoms with Crippen molar-refractivity contribution in [3.8, 4) is 11.5 Å². The fourth-order valence-corrected chi connectivity index (χ4v) is 2.08. The molecule has 1 N–H and O–H groups in total. The molecule has 21 heavy (non-hydrogen) atoms. The number of aromatic nitrogens is 3. The lowest BCUT2D eigenvalue weighted by Crippen LogP contribution is -2.01. The molecule has 2 aromatic rings.